The average Bonchev–Trinajstić information content (AvgIpc) is 2.69. The van der Waals surface area contributed by atoms with Crippen molar-refractivity contribution in [2.24, 2.45) is 0 Å². The molecule has 0 spiro atoms. The average molecular weight is 366 g/mol. The van der Waals surface area contributed by atoms with Crippen LogP contribution in [-0.2, 0) is 4.79 Å². The maximum absolute atomic E-state index is 13.4. The summed E-state index contributed by atoms with van der Waals surface area (Å²) in [7, 11) is 0. The minimum Gasteiger partial charge on any atom is -0.507 e. The number of phenols is 1. The fourth-order valence-corrected chi connectivity index (χ4v) is 2.95. The molecule has 0 fully saturated rings. The fraction of sp³-hybridized carbons (Fsp3) is 0.143. The number of anilines is 1. The number of hydrogen-bond donors (Lipinski definition) is 2. The molecule has 2 aromatic carbocycles. The molecule has 2 N–H and O–H groups in total. The Morgan fingerprint density at radius 1 is 1.22 bits per heavy atom. The van der Waals surface area contributed by atoms with Gasteiger partial charge in [0, 0.05) is 18.8 Å². The quantitative estimate of drug-likeness (QED) is 0.642. The highest BCUT2D eigenvalue weighted by atomic mass is 19.1. The van der Waals surface area contributed by atoms with Crippen LogP contribution in [0.2, 0.25) is 0 Å². The minimum atomic E-state index is -0.403. The Labute approximate surface area is 156 Å². The van der Waals surface area contributed by atoms with Crippen molar-refractivity contribution < 1.29 is 19.1 Å². The third kappa shape index (κ3) is 4.23. The van der Waals surface area contributed by atoms with Crippen molar-refractivity contribution in [3.05, 3.63) is 78.1 Å². The fourth-order valence-electron chi connectivity index (χ4n) is 2.95. The van der Waals surface area contributed by atoms with E-state index in [1.807, 2.05) is 12.1 Å². The van der Waals surface area contributed by atoms with Crippen molar-refractivity contribution in [3.63, 3.8) is 0 Å². The normalized spacial score (nSPS) is 13.7. The van der Waals surface area contributed by atoms with E-state index in [0.29, 0.717) is 25.2 Å². The van der Waals surface area contributed by atoms with Gasteiger partial charge < -0.3 is 15.3 Å². The number of phenolic OH excluding ortho intramolecular Hbond substituents is 1. The van der Waals surface area contributed by atoms with Gasteiger partial charge in [0.2, 0.25) is 5.91 Å². The van der Waals surface area contributed by atoms with Crippen LogP contribution in [0, 0.1) is 5.82 Å². The van der Waals surface area contributed by atoms with Crippen LogP contribution in [0.4, 0.5) is 10.1 Å². The van der Waals surface area contributed by atoms with Gasteiger partial charge in [-0.25, -0.2) is 4.39 Å². The predicted octanol–water partition coefficient (Wildman–Crippen LogP) is 3.59. The second-order valence-corrected chi connectivity index (χ2v) is 6.17. The summed E-state index contributed by atoms with van der Waals surface area (Å²) < 4.78 is 13.4. The maximum Gasteiger partial charge on any atom is 0.257 e. The number of nitrogens with zero attached hydrogens (tertiary/aromatic N) is 1. The maximum atomic E-state index is 13.4. The molecule has 1 heterocycles. The molecular formula is C21H19FN2O3. The number of benzene rings is 2. The zero-order valence-corrected chi connectivity index (χ0v) is 14.6. The highest BCUT2D eigenvalue weighted by Gasteiger charge is 2.22. The van der Waals surface area contributed by atoms with E-state index in [9.17, 15) is 19.1 Å². The first-order chi connectivity index (χ1) is 13.0. The number of nitrogens with one attached hydrogen (secondary N) is 1. The van der Waals surface area contributed by atoms with Crippen molar-refractivity contribution in [3.8, 4) is 5.75 Å². The molecule has 2 amide bonds. The summed E-state index contributed by atoms with van der Waals surface area (Å²) in [6.07, 6.45) is 3.59. The van der Waals surface area contributed by atoms with Crippen LogP contribution in [0.25, 0.3) is 5.57 Å². The molecule has 138 valence electrons. The summed E-state index contributed by atoms with van der Waals surface area (Å²) in [5.41, 5.74) is 2.29. The lowest BCUT2D eigenvalue weighted by Gasteiger charge is -2.27. The summed E-state index contributed by atoms with van der Waals surface area (Å²) in [5.74, 6) is -1.19. The molecule has 3 rings (SSSR count). The van der Waals surface area contributed by atoms with E-state index in [1.165, 1.54) is 30.3 Å². The Kier molecular flexibility index (Phi) is 5.35. The molecule has 0 atom stereocenters. The molecule has 0 aliphatic carbocycles. The van der Waals surface area contributed by atoms with Gasteiger partial charge in [-0.05, 0) is 54.0 Å². The summed E-state index contributed by atoms with van der Waals surface area (Å²) in [5, 5.41) is 12.6. The van der Waals surface area contributed by atoms with E-state index in [4.69, 9.17) is 0 Å². The SMILES string of the molecule is C=CC(=O)Nc1ccc(O)c(C(=O)N2CC=C(c3cccc(F)c3)CC2)c1. The molecule has 1 aliphatic heterocycles. The van der Waals surface area contributed by atoms with Crippen LogP contribution in [-0.4, -0.2) is 34.9 Å². The lowest BCUT2D eigenvalue weighted by Crippen LogP contribution is -2.34. The molecule has 0 aromatic heterocycles. The Morgan fingerprint density at radius 3 is 2.70 bits per heavy atom. The summed E-state index contributed by atoms with van der Waals surface area (Å²) in [6.45, 7) is 4.18. The van der Waals surface area contributed by atoms with Crippen LogP contribution in [0.5, 0.6) is 5.75 Å². The first-order valence-electron chi connectivity index (χ1n) is 8.48. The zero-order chi connectivity index (χ0) is 19.4. The van der Waals surface area contributed by atoms with Crippen molar-refractivity contribution in [2.45, 2.75) is 6.42 Å². The number of hydrogen-bond acceptors (Lipinski definition) is 3. The van der Waals surface area contributed by atoms with Crippen LogP contribution in [0.3, 0.4) is 0 Å². The molecule has 0 radical (unpaired) electrons. The van der Waals surface area contributed by atoms with Gasteiger partial charge in [0.15, 0.2) is 0 Å². The smallest absolute Gasteiger partial charge is 0.257 e. The van der Waals surface area contributed by atoms with Gasteiger partial charge in [0.1, 0.15) is 11.6 Å². The Morgan fingerprint density at radius 2 is 2.04 bits per heavy atom. The summed E-state index contributed by atoms with van der Waals surface area (Å²) >= 11 is 0. The number of carbonyl (C=O) groups excluding carboxylic acids is 2. The van der Waals surface area contributed by atoms with Crippen molar-refractivity contribution in [1.82, 2.24) is 4.90 Å². The van der Waals surface area contributed by atoms with Crippen LogP contribution >= 0.6 is 0 Å². The number of aromatic hydroxyl groups is 1. The second-order valence-electron chi connectivity index (χ2n) is 6.17. The van der Waals surface area contributed by atoms with Gasteiger partial charge in [-0.15, -0.1) is 0 Å². The van der Waals surface area contributed by atoms with E-state index < -0.39 is 5.91 Å². The number of amides is 2. The van der Waals surface area contributed by atoms with Gasteiger partial charge in [-0.2, -0.15) is 0 Å². The Balaban J connectivity index is 1.76. The Hall–Kier alpha value is -3.41. The van der Waals surface area contributed by atoms with E-state index in [1.54, 1.807) is 11.0 Å². The van der Waals surface area contributed by atoms with Crippen molar-refractivity contribution in [1.29, 1.82) is 0 Å². The molecule has 0 saturated heterocycles. The molecule has 5 nitrogen and oxygen atoms in total. The lowest BCUT2D eigenvalue weighted by molar-refractivity contribution is -0.111. The molecule has 27 heavy (non-hydrogen) atoms. The second kappa shape index (κ2) is 7.86. The van der Waals surface area contributed by atoms with Crippen LogP contribution in [0.15, 0.2) is 61.2 Å². The predicted molar refractivity (Wildman–Crippen MR) is 102 cm³/mol. The molecule has 1 aliphatic rings. The third-order valence-electron chi connectivity index (χ3n) is 4.37. The van der Waals surface area contributed by atoms with Crippen LogP contribution in [0.1, 0.15) is 22.3 Å². The molecule has 2 aromatic rings. The first-order valence-corrected chi connectivity index (χ1v) is 8.48. The first kappa shape index (κ1) is 18.4. The number of carbonyl (C=O) groups is 2. The third-order valence-corrected chi connectivity index (χ3v) is 4.37. The van der Waals surface area contributed by atoms with Gasteiger partial charge in [-0.1, -0.05) is 24.8 Å². The topological polar surface area (TPSA) is 69.6 Å². The van der Waals surface area contributed by atoms with Gasteiger partial charge >= 0.3 is 0 Å². The van der Waals surface area contributed by atoms with E-state index >= 15 is 0 Å². The molecule has 0 unspecified atom stereocenters. The van der Waals surface area contributed by atoms with Gasteiger partial charge in [-0.3, -0.25) is 9.59 Å². The van der Waals surface area contributed by atoms with E-state index in [2.05, 4.69) is 11.9 Å². The molecule has 0 saturated carbocycles. The van der Waals surface area contributed by atoms with Crippen molar-refractivity contribution in [2.75, 3.05) is 18.4 Å². The van der Waals surface area contributed by atoms with Crippen LogP contribution < -0.4 is 5.32 Å². The number of halogens is 1. The highest BCUT2D eigenvalue weighted by molar-refractivity contribution is 6.02. The largest absolute Gasteiger partial charge is 0.507 e. The standard InChI is InChI=1S/C21H19FN2O3/c1-2-20(26)23-17-6-7-19(25)18(13-17)21(27)24-10-8-14(9-11-24)15-4-3-5-16(22)12-15/h2-8,12-13,25H,1,9-11H2,(H,23,26). The summed E-state index contributed by atoms with van der Waals surface area (Å²) in [6, 6.07) is 10.7. The lowest BCUT2D eigenvalue weighted by atomic mass is 9.99. The monoisotopic (exact) mass is 366 g/mol. The zero-order valence-electron chi connectivity index (χ0n) is 14.6. The molecule has 6 heteroatoms. The number of rotatable bonds is 4. The molecular weight excluding hydrogens is 347 g/mol. The van der Waals surface area contributed by atoms with Gasteiger partial charge in [0.25, 0.3) is 5.91 Å². The Bertz CT molecular complexity index is 937. The van der Waals surface area contributed by atoms with E-state index in [-0.39, 0.29) is 23.0 Å². The van der Waals surface area contributed by atoms with E-state index in [0.717, 1.165) is 17.2 Å². The van der Waals surface area contributed by atoms with Crippen molar-refractivity contribution >= 4 is 23.1 Å². The molecule has 0 bridgehead atoms. The highest BCUT2D eigenvalue weighted by Crippen LogP contribution is 2.27. The van der Waals surface area contributed by atoms with Gasteiger partial charge in [0.05, 0.1) is 5.56 Å². The minimum absolute atomic E-state index is 0.111. The summed E-state index contributed by atoms with van der Waals surface area (Å²) in [4.78, 5) is 25.8.